The number of hydrogen-bond donors (Lipinski definition) is 2. The van der Waals surface area contributed by atoms with Crippen LogP contribution in [0.5, 0.6) is 5.75 Å². The summed E-state index contributed by atoms with van der Waals surface area (Å²) in [5.41, 5.74) is -2.82. The molecule has 0 aliphatic carbocycles. The summed E-state index contributed by atoms with van der Waals surface area (Å²) in [6, 6.07) is 6.53. The fourth-order valence-electron chi connectivity index (χ4n) is 4.84. The normalized spacial score (nSPS) is 15.8. The minimum Gasteiger partial charge on any atom is -0.507 e. The van der Waals surface area contributed by atoms with Gasteiger partial charge in [0.25, 0.3) is 10.0 Å². The molecule has 1 fully saturated rings. The first-order chi connectivity index (χ1) is 19.4. The van der Waals surface area contributed by atoms with Crippen molar-refractivity contribution in [3.63, 3.8) is 0 Å². The van der Waals surface area contributed by atoms with Gasteiger partial charge in [-0.25, -0.2) is 41.7 Å². The second-order valence-corrected chi connectivity index (χ2v) is 10.8. The van der Waals surface area contributed by atoms with Gasteiger partial charge in [0.15, 0.2) is 16.5 Å². The third-order valence-electron chi connectivity index (χ3n) is 6.68. The molecule has 1 aromatic carbocycles. The van der Waals surface area contributed by atoms with E-state index < -0.39 is 55.4 Å². The van der Waals surface area contributed by atoms with Crippen LogP contribution in [0, 0.1) is 11.6 Å². The average Bonchev–Trinajstić information content (AvgIpc) is 2.92. The van der Waals surface area contributed by atoms with Crippen molar-refractivity contribution in [1.29, 1.82) is 0 Å². The Bertz CT molecular complexity index is 1880. The summed E-state index contributed by atoms with van der Waals surface area (Å²) in [6.07, 6.45) is 2.34. The number of sulfonamides is 1. The topological polar surface area (TPSA) is 165 Å². The van der Waals surface area contributed by atoms with E-state index in [1.165, 1.54) is 24.3 Å². The van der Waals surface area contributed by atoms with E-state index >= 15 is 4.39 Å². The zero-order chi connectivity index (χ0) is 29.6. The number of piperazine rings is 1. The maximum Gasteiger partial charge on any atom is 0.355 e. The predicted octanol–water partition coefficient (Wildman–Crippen LogP) is 1.70. The van der Waals surface area contributed by atoms with E-state index in [9.17, 15) is 27.5 Å². The van der Waals surface area contributed by atoms with Gasteiger partial charge in [0, 0.05) is 31.9 Å². The Morgan fingerprint density at radius 1 is 1.17 bits per heavy atom. The van der Waals surface area contributed by atoms with Gasteiger partial charge in [0.2, 0.25) is 5.91 Å². The first kappa shape index (κ1) is 27.8. The lowest BCUT2D eigenvalue weighted by atomic mass is 10.1. The minimum absolute atomic E-state index is 0.0104. The van der Waals surface area contributed by atoms with Gasteiger partial charge < -0.3 is 14.9 Å². The summed E-state index contributed by atoms with van der Waals surface area (Å²) < 4.78 is 55.9. The van der Waals surface area contributed by atoms with Crippen molar-refractivity contribution >= 4 is 32.8 Å². The van der Waals surface area contributed by atoms with Crippen LogP contribution >= 0.6 is 0 Å². The minimum atomic E-state index is -4.46. The molecule has 4 aromatic rings. The van der Waals surface area contributed by atoms with Crippen molar-refractivity contribution in [2.24, 2.45) is 5.14 Å². The number of benzene rings is 1. The number of anilines is 1. The number of primary sulfonamides is 1. The van der Waals surface area contributed by atoms with Crippen molar-refractivity contribution in [1.82, 2.24) is 24.4 Å². The highest BCUT2D eigenvalue weighted by atomic mass is 32.2. The summed E-state index contributed by atoms with van der Waals surface area (Å²) >= 11 is 0. The summed E-state index contributed by atoms with van der Waals surface area (Å²) in [5.74, 6) is -2.91. The van der Waals surface area contributed by atoms with Crippen LogP contribution in [0.15, 0.2) is 65.1 Å². The number of phenols is 1. The highest BCUT2D eigenvalue weighted by molar-refractivity contribution is 7.89. The molecule has 0 saturated carbocycles. The molecule has 1 aliphatic rings. The second-order valence-electron chi connectivity index (χ2n) is 9.28. The largest absolute Gasteiger partial charge is 0.507 e. The van der Waals surface area contributed by atoms with E-state index in [1.807, 2.05) is 0 Å². The van der Waals surface area contributed by atoms with E-state index in [-0.39, 0.29) is 48.1 Å². The molecule has 0 unspecified atom stereocenters. The van der Waals surface area contributed by atoms with Gasteiger partial charge in [0.1, 0.15) is 23.1 Å². The molecule has 15 heteroatoms. The van der Waals surface area contributed by atoms with Crippen molar-refractivity contribution in [3.8, 4) is 22.7 Å². The molecule has 1 saturated heterocycles. The number of phenolic OH excluding ortho intramolecular Hbond substituents is 1. The summed E-state index contributed by atoms with van der Waals surface area (Å²) in [7, 11) is -4.46. The van der Waals surface area contributed by atoms with Crippen LogP contribution in [0.25, 0.3) is 28.0 Å². The van der Waals surface area contributed by atoms with Crippen molar-refractivity contribution in [2.75, 3.05) is 24.5 Å². The molecule has 5 rings (SSSR count). The van der Waals surface area contributed by atoms with Crippen molar-refractivity contribution < 1.29 is 27.1 Å². The van der Waals surface area contributed by atoms with Crippen molar-refractivity contribution in [3.05, 3.63) is 77.4 Å². The Morgan fingerprint density at radius 2 is 1.93 bits per heavy atom. The van der Waals surface area contributed by atoms with E-state index in [1.54, 1.807) is 16.7 Å². The molecule has 212 valence electrons. The molecule has 4 heterocycles. The maximum absolute atomic E-state index is 15.7. The molecule has 1 aliphatic heterocycles. The SMILES string of the molecule is C=CC(=O)N1CCN(c2nc(=O)n(-c3cccnc3S(N)(=O)=O)c3nc(-c4c(O)cccc4F)c(F)cc23)[C@@H](C)C1. The van der Waals surface area contributed by atoms with Gasteiger partial charge >= 0.3 is 5.69 Å². The Balaban J connectivity index is 1.83. The number of fused-ring (bicyclic) bond motifs is 1. The monoisotopic (exact) mass is 583 g/mol. The van der Waals surface area contributed by atoms with Gasteiger partial charge in [-0.3, -0.25) is 4.79 Å². The molecule has 3 aromatic heterocycles. The number of carbonyl (C=O) groups excluding carboxylic acids is 1. The molecule has 0 radical (unpaired) electrons. The maximum atomic E-state index is 15.7. The van der Waals surface area contributed by atoms with Crippen LogP contribution < -0.4 is 15.7 Å². The number of nitrogens with two attached hydrogens (primary N) is 1. The molecule has 0 bridgehead atoms. The fraction of sp³-hybridized carbons (Fsp3) is 0.192. The zero-order valence-electron chi connectivity index (χ0n) is 21.5. The van der Waals surface area contributed by atoms with Crippen molar-refractivity contribution in [2.45, 2.75) is 18.0 Å². The van der Waals surface area contributed by atoms with Gasteiger partial charge in [0.05, 0.1) is 16.6 Å². The number of rotatable bonds is 5. The quantitative estimate of drug-likeness (QED) is 0.333. The molecule has 41 heavy (non-hydrogen) atoms. The fourth-order valence-corrected chi connectivity index (χ4v) is 5.50. The zero-order valence-corrected chi connectivity index (χ0v) is 22.3. The third-order valence-corrected chi connectivity index (χ3v) is 7.53. The number of amides is 1. The summed E-state index contributed by atoms with van der Waals surface area (Å²) in [6.45, 7) is 5.97. The number of aromatic hydroxyl groups is 1. The first-order valence-corrected chi connectivity index (χ1v) is 13.7. The van der Waals surface area contributed by atoms with Crippen LogP contribution in [0.1, 0.15) is 6.92 Å². The predicted molar refractivity (Wildman–Crippen MR) is 145 cm³/mol. The lowest BCUT2D eigenvalue weighted by Gasteiger charge is -2.40. The Morgan fingerprint density at radius 3 is 2.59 bits per heavy atom. The summed E-state index contributed by atoms with van der Waals surface area (Å²) in [4.78, 5) is 41.2. The number of aromatic nitrogens is 4. The van der Waals surface area contributed by atoms with E-state index in [0.29, 0.717) is 0 Å². The van der Waals surface area contributed by atoms with Crippen LogP contribution in [0.2, 0.25) is 0 Å². The van der Waals surface area contributed by atoms with E-state index in [0.717, 1.165) is 29.0 Å². The highest BCUT2D eigenvalue weighted by Crippen LogP contribution is 2.36. The second kappa shape index (κ2) is 10.3. The molecule has 1 atom stereocenters. The Hall–Kier alpha value is -4.76. The standard InChI is InChI=1S/C26H23F2N7O5S/c1-3-20(37)33-10-11-34(14(2)13-33)23-15-12-17(28)22(21-16(27)6-4-8-19(21)36)31-24(15)35(26(38)32-23)18-7-5-9-30-25(18)41(29,39)40/h3-9,12,14,36H,1,10-11,13H2,2H3,(H2,29,39,40)/t14-/m0/s1. The van der Waals surface area contributed by atoms with E-state index in [4.69, 9.17) is 5.14 Å². The Kier molecular flexibility index (Phi) is 7.00. The Labute approximate surface area is 232 Å². The highest BCUT2D eigenvalue weighted by Gasteiger charge is 2.31. The first-order valence-electron chi connectivity index (χ1n) is 12.2. The number of hydrogen-bond acceptors (Lipinski definition) is 9. The summed E-state index contributed by atoms with van der Waals surface area (Å²) in [5, 5.41) is 15.0. The van der Waals surface area contributed by atoms with Crippen LogP contribution in [0.4, 0.5) is 14.6 Å². The van der Waals surface area contributed by atoms with Gasteiger partial charge in [-0.05, 0) is 43.3 Å². The van der Waals surface area contributed by atoms with Gasteiger partial charge in [-0.15, -0.1) is 0 Å². The molecule has 1 amide bonds. The number of nitrogens with zero attached hydrogens (tertiary/aromatic N) is 6. The number of carbonyl (C=O) groups is 1. The third kappa shape index (κ3) is 4.89. The van der Waals surface area contributed by atoms with Crippen LogP contribution in [-0.4, -0.2) is 69.5 Å². The van der Waals surface area contributed by atoms with Gasteiger partial charge in [-0.2, -0.15) is 4.98 Å². The average molecular weight is 584 g/mol. The molecule has 3 N–H and O–H groups in total. The van der Waals surface area contributed by atoms with Crippen LogP contribution in [-0.2, 0) is 14.8 Å². The molecular formula is C26H23F2N7O5S. The molecule has 0 spiro atoms. The smallest absolute Gasteiger partial charge is 0.355 e. The molecule has 12 nitrogen and oxygen atoms in total. The number of halogens is 2. The van der Waals surface area contributed by atoms with Gasteiger partial charge in [-0.1, -0.05) is 12.6 Å². The van der Waals surface area contributed by atoms with E-state index in [2.05, 4.69) is 21.5 Å². The molecular weight excluding hydrogens is 560 g/mol. The van der Waals surface area contributed by atoms with Crippen LogP contribution in [0.3, 0.4) is 0 Å². The number of pyridine rings is 2. The lowest BCUT2D eigenvalue weighted by molar-refractivity contribution is -0.126. The lowest BCUT2D eigenvalue weighted by Crippen LogP contribution is -2.54.